The molecule has 0 atom stereocenters. The lowest BCUT2D eigenvalue weighted by atomic mass is 10.4. The first kappa shape index (κ1) is 13.0. The minimum Gasteiger partial charge on any atom is -0.381 e. The van der Waals surface area contributed by atoms with Crippen LogP contribution in [0.2, 0.25) is 0 Å². The molecule has 0 saturated heterocycles. The fraction of sp³-hybridized carbons (Fsp3) is 0.364. The quantitative estimate of drug-likeness (QED) is 0.587. The van der Waals surface area contributed by atoms with Crippen LogP contribution in [0.25, 0.3) is 11.2 Å². The van der Waals surface area contributed by atoms with E-state index in [2.05, 4.69) is 24.9 Å². The average Bonchev–Trinajstić information content (AvgIpc) is 2.39. The Kier molecular flexibility index (Phi) is 4.45. The number of hydrogen-bond acceptors (Lipinski definition) is 5. The van der Waals surface area contributed by atoms with Crippen molar-refractivity contribution in [3.05, 3.63) is 23.9 Å². The minimum atomic E-state index is 0.292. The summed E-state index contributed by atoms with van der Waals surface area (Å²) >= 11 is 0. The van der Waals surface area contributed by atoms with E-state index in [0.29, 0.717) is 22.8 Å². The minimum absolute atomic E-state index is 0.292. The summed E-state index contributed by atoms with van der Waals surface area (Å²) in [7, 11) is 1.59. The fourth-order valence-corrected chi connectivity index (χ4v) is 1.12. The van der Waals surface area contributed by atoms with Crippen molar-refractivity contribution in [2.24, 2.45) is 10.7 Å². The first-order valence-corrected chi connectivity index (χ1v) is 5.39. The van der Waals surface area contributed by atoms with E-state index >= 15 is 0 Å². The van der Waals surface area contributed by atoms with E-state index in [9.17, 15) is 0 Å². The van der Waals surface area contributed by atoms with Gasteiger partial charge in [0, 0.05) is 13.2 Å². The number of fused-ring (bicyclic) bond motifs is 1. The van der Waals surface area contributed by atoms with Crippen molar-refractivity contribution in [2.45, 2.75) is 20.8 Å². The molecule has 90 valence electrons. The number of rotatable bonds is 1. The summed E-state index contributed by atoms with van der Waals surface area (Å²) in [6.07, 6.45) is 3.25. The molecule has 0 amide bonds. The molecule has 0 aromatic carbocycles. The van der Waals surface area contributed by atoms with Gasteiger partial charge in [0.25, 0.3) is 0 Å². The molecule has 2 rings (SSSR count). The molecule has 0 fully saturated rings. The highest BCUT2D eigenvalue weighted by Gasteiger charge is 2.04. The molecule has 0 unspecified atom stereocenters. The third-order valence-electron chi connectivity index (χ3n) is 1.89. The fourth-order valence-electron chi connectivity index (χ4n) is 1.12. The summed E-state index contributed by atoms with van der Waals surface area (Å²) in [6.45, 7) is 5.85. The highest BCUT2D eigenvalue weighted by Crippen LogP contribution is 2.05. The Morgan fingerprint density at radius 2 is 1.88 bits per heavy atom. The molecule has 2 aromatic rings. The van der Waals surface area contributed by atoms with E-state index in [1.54, 1.807) is 19.4 Å². The monoisotopic (exact) mass is 232 g/mol. The second kappa shape index (κ2) is 5.83. The number of aromatic nitrogens is 4. The summed E-state index contributed by atoms with van der Waals surface area (Å²) in [4.78, 5) is 20.4. The standard InChI is InChI=1S/C9H10N6.C2H6/c1-5-3-12-6-4-13-9(7(10)11-2)15-8(6)14-5;1-2/h3-4H,1-2H3,(H2,10,11);1-2H3. The molecule has 0 aliphatic heterocycles. The van der Waals surface area contributed by atoms with Crippen LogP contribution in [0.15, 0.2) is 17.4 Å². The Hall–Kier alpha value is -2.11. The molecule has 0 aliphatic rings. The third-order valence-corrected chi connectivity index (χ3v) is 1.89. The molecule has 2 heterocycles. The zero-order chi connectivity index (χ0) is 12.8. The molecule has 0 spiro atoms. The van der Waals surface area contributed by atoms with E-state index in [-0.39, 0.29) is 0 Å². The molecule has 17 heavy (non-hydrogen) atoms. The van der Waals surface area contributed by atoms with Crippen molar-refractivity contribution >= 4 is 17.0 Å². The zero-order valence-electron chi connectivity index (χ0n) is 10.5. The number of nitrogens with zero attached hydrogens (tertiary/aromatic N) is 5. The van der Waals surface area contributed by atoms with E-state index in [0.717, 1.165) is 5.69 Å². The van der Waals surface area contributed by atoms with Gasteiger partial charge in [-0.05, 0) is 6.92 Å². The Balaban J connectivity index is 0.000000686. The van der Waals surface area contributed by atoms with E-state index in [4.69, 9.17) is 5.73 Å². The van der Waals surface area contributed by atoms with Crippen molar-refractivity contribution in [2.75, 3.05) is 7.05 Å². The van der Waals surface area contributed by atoms with Crippen LogP contribution in [0.4, 0.5) is 0 Å². The third kappa shape index (κ3) is 2.93. The summed E-state index contributed by atoms with van der Waals surface area (Å²) < 4.78 is 0. The highest BCUT2D eigenvalue weighted by atomic mass is 15.0. The maximum atomic E-state index is 5.60. The highest BCUT2D eigenvalue weighted by molar-refractivity contribution is 5.94. The summed E-state index contributed by atoms with van der Waals surface area (Å²) in [5.41, 5.74) is 7.59. The van der Waals surface area contributed by atoms with Gasteiger partial charge in [0.15, 0.2) is 17.3 Å². The number of nitrogens with two attached hydrogens (primary N) is 1. The first-order valence-electron chi connectivity index (χ1n) is 5.39. The molecule has 0 saturated carbocycles. The van der Waals surface area contributed by atoms with Crippen LogP contribution in [0.1, 0.15) is 25.4 Å². The maximum absolute atomic E-state index is 5.60. The smallest absolute Gasteiger partial charge is 0.196 e. The SMILES string of the molecule is CC.CN=C(N)c1ncc2ncc(C)nc2n1. The van der Waals surface area contributed by atoms with Gasteiger partial charge in [0.1, 0.15) is 5.52 Å². The van der Waals surface area contributed by atoms with Crippen LogP contribution >= 0.6 is 0 Å². The predicted octanol–water partition coefficient (Wildman–Crippen LogP) is 1.09. The normalized spacial score (nSPS) is 10.9. The lowest BCUT2D eigenvalue weighted by molar-refractivity contribution is 1.08. The maximum Gasteiger partial charge on any atom is 0.196 e. The number of amidine groups is 1. The van der Waals surface area contributed by atoms with Crippen LogP contribution in [0.3, 0.4) is 0 Å². The summed E-state index contributed by atoms with van der Waals surface area (Å²) in [5.74, 6) is 0.671. The molecule has 0 radical (unpaired) electrons. The Bertz CT molecular complexity index is 534. The van der Waals surface area contributed by atoms with E-state index < -0.39 is 0 Å². The molecular formula is C11H16N6. The van der Waals surface area contributed by atoms with Crippen LogP contribution in [0, 0.1) is 6.92 Å². The number of hydrogen-bond donors (Lipinski definition) is 1. The van der Waals surface area contributed by atoms with Gasteiger partial charge in [0.2, 0.25) is 0 Å². The first-order chi connectivity index (χ1) is 8.20. The van der Waals surface area contributed by atoms with Gasteiger partial charge in [-0.15, -0.1) is 0 Å². The van der Waals surface area contributed by atoms with Gasteiger partial charge in [-0.1, -0.05) is 13.8 Å². The van der Waals surface area contributed by atoms with E-state index in [1.807, 2.05) is 20.8 Å². The van der Waals surface area contributed by atoms with Crippen LogP contribution in [0.5, 0.6) is 0 Å². The molecule has 2 N–H and O–H groups in total. The molecular weight excluding hydrogens is 216 g/mol. The van der Waals surface area contributed by atoms with Crippen molar-refractivity contribution < 1.29 is 0 Å². The van der Waals surface area contributed by atoms with Crippen LogP contribution in [-0.4, -0.2) is 32.8 Å². The number of aliphatic imine (C=N–C) groups is 1. The molecule has 6 nitrogen and oxygen atoms in total. The lowest BCUT2D eigenvalue weighted by Crippen LogP contribution is -2.17. The average molecular weight is 232 g/mol. The Labute approximate surface area is 100 Å². The van der Waals surface area contributed by atoms with Crippen LogP contribution < -0.4 is 5.73 Å². The molecule has 6 heteroatoms. The van der Waals surface area contributed by atoms with Crippen molar-refractivity contribution in [3.8, 4) is 0 Å². The largest absolute Gasteiger partial charge is 0.381 e. The lowest BCUT2D eigenvalue weighted by Gasteiger charge is -2.00. The van der Waals surface area contributed by atoms with Crippen molar-refractivity contribution in [1.82, 2.24) is 19.9 Å². The van der Waals surface area contributed by atoms with Gasteiger partial charge >= 0.3 is 0 Å². The number of aryl methyl sites for hydroxylation is 1. The molecule has 2 aromatic heterocycles. The van der Waals surface area contributed by atoms with E-state index in [1.165, 1.54) is 0 Å². The van der Waals surface area contributed by atoms with Gasteiger partial charge in [0.05, 0.1) is 11.9 Å². The predicted molar refractivity (Wildman–Crippen MR) is 67.9 cm³/mol. The Morgan fingerprint density at radius 1 is 1.18 bits per heavy atom. The molecule has 0 aliphatic carbocycles. The second-order valence-electron chi connectivity index (χ2n) is 3.02. The van der Waals surface area contributed by atoms with Gasteiger partial charge < -0.3 is 5.73 Å². The van der Waals surface area contributed by atoms with Crippen LogP contribution in [-0.2, 0) is 0 Å². The second-order valence-corrected chi connectivity index (χ2v) is 3.02. The van der Waals surface area contributed by atoms with Gasteiger partial charge in [-0.3, -0.25) is 4.99 Å². The Morgan fingerprint density at radius 3 is 2.53 bits per heavy atom. The molecule has 0 bridgehead atoms. The summed E-state index contributed by atoms with van der Waals surface area (Å²) in [5, 5.41) is 0. The van der Waals surface area contributed by atoms with Crippen molar-refractivity contribution in [3.63, 3.8) is 0 Å². The zero-order valence-corrected chi connectivity index (χ0v) is 10.5. The topological polar surface area (TPSA) is 89.9 Å². The summed E-state index contributed by atoms with van der Waals surface area (Å²) in [6, 6.07) is 0. The van der Waals surface area contributed by atoms with Gasteiger partial charge in [-0.25, -0.2) is 19.9 Å². The van der Waals surface area contributed by atoms with Crippen molar-refractivity contribution in [1.29, 1.82) is 0 Å². The van der Waals surface area contributed by atoms with Gasteiger partial charge in [-0.2, -0.15) is 0 Å².